The fraction of sp³-hybridized carbons (Fsp3) is 0.500. The van der Waals surface area contributed by atoms with E-state index in [2.05, 4.69) is 5.32 Å². The van der Waals surface area contributed by atoms with Crippen molar-refractivity contribution in [2.24, 2.45) is 0 Å². The lowest BCUT2D eigenvalue weighted by molar-refractivity contribution is -0.121. The van der Waals surface area contributed by atoms with Gasteiger partial charge in [-0.05, 0) is 19.0 Å². The van der Waals surface area contributed by atoms with E-state index < -0.39 is 5.97 Å². The van der Waals surface area contributed by atoms with E-state index in [1.807, 2.05) is 11.8 Å². The van der Waals surface area contributed by atoms with Gasteiger partial charge >= 0.3 is 5.97 Å². The summed E-state index contributed by atoms with van der Waals surface area (Å²) in [7, 11) is 1.58. The molecule has 0 aromatic carbocycles. The first kappa shape index (κ1) is 14.2. The number of likely N-dealkylation sites (N-methyl/N-ethyl adjacent to an activating group) is 1. The summed E-state index contributed by atoms with van der Waals surface area (Å²) in [5.74, 6) is -1.25. The first-order chi connectivity index (χ1) is 8.58. The van der Waals surface area contributed by atoms with Gasteiger partial charge in [0.2, 0.25) is 11.7 Å². The van der Waals surface area contributed by atoms with Gasteiger partial charge in [-0.1, -0.05) is 6.92 Å². The highest BCUT2D eigenvalue weighted by Gasteiger charge is 2.17. The summed E-state index contributed by atoms with van der Waals surface area (Å²) >= 11 is 0. The topological polar surface area (TPSA) is 82.8 Å². The number of furan rings is 1. The zero-order chi connectivity index (χ0) is 13.5. The van der Waals surface area contributed by atoms with Crippen LogP contribution in [0.4, 0.5) is 0 Å². The van der Waals surface area contributed by atoms with E-state index in [1.54, 1.807) is 13.1 Å². The van der Waals surface area contributed by atoms with Gasteiger partial charge in [-0.15, -0.1) is 0 Å². The Morgan fingerprint density at radius 1 is 1.50 bits per heavy atom. The van der Waals surface area contributed by atoms with Crippen molar-refractivity contribution in [2.45, 2.75) is 19.9 Å². The molecule has 0 atom stereocenters. The van der Waals surface area contributed by atoms with Gasteiger partial charge in [0.05, 0.1) is 12.8 Å². The van der Waals surface area contributed by atoms with Gasteiger partial charge < -0.3 is 14.8 Å². The highest BCUT2D eigenvalue weighted by molar-refractivity contribution is 5.86. The Bertz CT molecular complexity index is 414. The maximum Gasteiger partial charge on any atom is 0.372 e. The molecule has 0 bridgehead atoms. The minimum absolute atomic E-state index is 0.0620. The molecule has 0 aliphatic heterocycles. The first-order valence-electron chi connectivity index (χ1n) is 5.81. The maximum absolute atomic E-state index is 11.4. The molecule has 1 aromatic rings. The van der Waals surface area contributed by atoms with Crippen LogP contribution in [0, 0.1) is 0 Å². The number of rotatable bonds is 7. The number of nitrogens with one attached hydrogen (secondary N) is 1. The Kier molecular flexibility index (Phi) is 5.38. The van der Waals surface area contributed by atoms with Crippen LogP contribution >= 0.6 is 0 Å². The van der Waals surface area contributed by atoms with Crippen LogP contribution in [0.3, 0.4) is 0 Å². The van der Waals surface area contributed by atoms with Crippen molar-refractivity contribution in [3.63, 3.8) is 0 Å². The largest absolute Gasteiger partial charge is 0.475 e. The average molecular weight is 254 g/mol. The van der Waals surface area contributed by atoms with Gasteiger partial charge in [0.25, 0.3) is 0 Å². The van der Waals surface area contributed by atoms with Crippen LogP contribution in [-0.4, -0.2) is 42.0 Å². The number of carboxylic acids is 1. The van der Waals surface area contributed by atoms with Gasteiger partial charge in [-0.2, -0.15) is 0 Å². The van der Waals surface area contributed by atoms with Crippen LogP contribution in [0.25, 0.3) is 0 Å². The van der Waals surface area contributed by atoms with Crippen LogP contribution in [0.1, 0.15) is 29.5 Å². The van der Waals surface area contributed by atoms with Crippen molar-refractivity contribution < 1.29 is 19.1 Å². The lowest BCUT2D eigenvalue weighted by Gasteiger charge is -2.20. The summed E-state index contributed by atoms with van der Waals surface area (Å²) in [5, 5.41) is 11.5. The highest BCUT2D eigenvalue weighted by atomic mass is 16.4. The number of carbonyl (C=O) groups excluding carboxylic acids is 1. The minimum Gasteiger partial charge on any atom is -0.475 e. The number of hydrogen-bond acceptors (Lipinski definition) is 4. The molecule has 1 rings (SSSR count). The first-order valence-corrected chi connectivity index (χ1v) is 5.81. The van der Waals surface area contributed by atoms with E-state index in [0.29, 0.717) is 12.1 Å². The van der Waals surface area contributed by atoms with E-state index in [-0.39, 0.29) is 18.2 Å². The van der Waals surface area contributed by atoms with Gasteiger partial charge in [0, 0.05) is 19.2 Å². The van der Waals surface area contributed by atoms with E-state index in [9.17, 15) is 9.59 Å². The third kappa shape index (κ3) is 3.89. The Morgan fingerprint density at radius 3 is 2.78 bits per heavy atom. The Morgan fingerprint density at radius 2 is 2.22 bits per heavy atom. The number of nitrogens with zero attached hydrogens (tertiary/aromatic N) is 1. The number of hydrogen-bond donors (Lipinski definition) is 2. The van der Waals surface area contributed by atoms with Gasteiger partial charge in [0.15, 0.2) is 0 Å². The second kappa shape index (κ2) is 6.80. The van der Waals surface area contributed by atoms with Crippen LogP contribution in [0.15, 0.2) is 16.7 Å². The fourth-order valence-electron chi connectivity index (χ4n) is 1.70. The Balaban J connectivity index is 2.73. The Hall–Kier alpha value is -1.82. The number of aromatic carboxylic acids is 1. The molecule has 18 heavy (non-hydrogen) atoms. The predicted octanol–water partition coefficient (Wildman–Crippen LogP) is 0.936. The normalized spacial score (nSPS) is 10.6. The van der Waals surface area contributed by atoms with E-state index in [4.69, 9.17) is 9.52 Å². The molecule has 0 saturated heterocycles. The zero-order valence-corrected chi connectivity index (χ0v) is 10.6. The summed E-state index contributed by atoms with van der Waals surface area (Å²) in [4.78, 5) is 24.1. The summed E-state index contributed by atoms with van der Waals surface area (Å²) in [6, 6.07) is 1.62. The third-order valence-corrected chi connectivity index (χ3v) is 2.52. The van der Waals surface area contributed by atoms with E-state index in [1.165, 1.54) is 6.26 Å². The molecule has 0 fully saturated rings. The van der Waals surface area contributed by atoms with Crippen LogP contribution in [0.2, 0.25) is 0 Å². The monoisotopic (exact) mass is 254 g/mol. The summed E-state index contributed by atoms with van der Waals surface area (Å²) in [6.45, 7) is 3.36. The SMILES string of the molecule is CCCN(CC(=O)NC)Cc1ccoc1C(=O)O. The fourth-order valence-corrected chi connectivity index (χ4v) is 1.70. The van der Waals surface area contributed by atoms with Crippen molar-refractivity contribution in [1.82, 2.24) is 10.2 Å². The molecule has 1 amide bonds. The predicted molar refractivity (Wildman–Crippen MR) is 65.3 cm³/mol. The molecule has 0 saturated carbocycles. The molecule has 1 aromatic heterocycles. The molecule has 100 valence electrons. The van der Waals surface area contributed by atoms with Crippen molar-refractivity contribution in [3.8, 4) is 0 Å². The van der Waals surface area contributed by atoms with Crippen LogP contribution in [-0.2, 0) is 11.3 Å². The highest BCUT2D eigenvalue weighted by Crippen LogP contribution is 2.13. The minimum atomic E-state index is -1.09. The average Bonchev–Trinajstić information content (AvgIpc) is 2.77. The van der Waals surface area contributed by atoms with Crippen molar-refractivity contribution >= 4 is 11.9 Å². The number of amides is 1. The smallest absolute Gasteiger partial charge is 0.372 e. The van der Waals surface area contributed by atoms with Crippen molar-refractivity contribution in [3.05, 3.63) is 23.7 Å². The standard InChI is InChI=1S/C12H18N2O4/c1-3-5-14(8-10(15)13-2)7-9-4-6-18-11(9)12(16)17/h4,6H,3,5,7-8H2,1-2H3,(H,13,15)(H,16,17). The number of carbonyl (C=O) groups is 2. The lowest BCUT2D eigenvalue weighted by atomic mass is 10.2. The molecule has 2 N–H and O–H groups in total. The number of carboxylic acid groups (broad SMARTS) is 1. The van der Waals surface area contributed by atoms with Gasteiger partial charge in [-0.3, -0.25) is 9.69 Å². The Labute approximate surface area is 106 Å². The third-order valence-electron chi connectivity index (χ3n) is 2.52. The summed E-state index contributed by atoms with van der Waals surface area (Å²) in [6.07, 6.45) is 2.24. The van der Waals surface area contributed by atoms with E-state index in [0.717, 1.165) is 13.0 Å². The maximum atomic E-state index is 11.4. The van der Waals surface area contributed by atoms with Crippen LogP contribution < -0.4 is 5.32 Å². The molecule has 0 aliphatic rings. The molecular weight excluding hydrogens is 236 g/mol. The molecular formula is C12H18N2O4. The molecule has 1 heterocycles. The lowest BCUT2D eigenvalue weighted by Crippen LogP contribution is -2.35. The molecule has 6 nitrogen and oxygen atoms in total. The van der Waals surface area contributed by atoms with Gasteiger partial charge in [0.1, 0.15) is 0 Å². The summed E-state index contributed by atoms with van der Waals surface area (Å²) < 4.78 is 4.91. The van der Waals surface area contributed by atoms with E-state index >= 15 is 0 Å². The molecule has 0 spiro atoms. The second-order valence-corrected chi connectivity index (χ2v) is 3.96. The summed E-state index contributed by atoms with van der Waals surface area (Å²) in [5.41, 5.74) is 0.583. The molecule has 6 heteroatoms. The zero-order valence-electron chi connectivity index (χ0n) is 10.6. The van der Waals surface area contributed by atoms with Crippen molar-refractivity contribution in [2.75, 3.05) is 20.1 Å². The van der Waals surface area contributed by atoms with Crippen molar-refractivity contribution in [1.29, 1.82) is 0 Å². The molecule has 0 unspecified atom stereocenters. The molecule has 0 radical (unpaired) electrons. The quantitative estimate of drug-likeness (QED) is 0.756. The van der Waals surface area contributed by atoms with Gasteiger partial charge in [-0.25, -0.2) is 4.79 Å². The second-order valence-electron chi connectivity index (χ2n) is 3.96. The molecule has 0 aliphatic carbocycles. The van der Waals surface area contributed by atoms with Crippen LogP contribution in [0.5, 0.6) is 0 Å².